The fourth-order valence-corrected chi connectivity index (χ4v) is 3.49. The van der Waals surface area contributed by atoms with Gasteiger partial charge in [0.15, 0.2) is 0 Å². The molecule has 0 radical (unpaired) electrons. The lowest BCUT2D eigenvalue weighted by atomic mass is 9.85. The third-order valence-corrected chi connectivity index (χ3v) is 4.99. The van der Waals surface area contributed by atoms with Gasteiger partial charge < -0.3 is 5.32 Å². The summed E-state index contributed by atoms with van der Waals surface area (Å²) in [6, 6.07) is 2.89. The van der Waals surface area contributed by atoms with Crippen molar-refractivity contribution in [3.05, 3.63) is 29.0 Å². The Kier molecular flexibility index (Phi) is 4.39. The molecule has 2 aliphatic rings. The number of rotatable bonds is 6. The second-order valence-electron chi connectivity index (χ2n) is 6.16. The van der Waals surface area contributed by atoms with E-state index in [-0.39, 0.29) is 0 Å². The molecule has 1 aromatic heterocycles. The summed E-state index contributed by atoms with van der Waals surface area (Å²) < 4.78 is 0. The topological polar surface area (TPSA) is 24.9 Å². The standard InChI is InChI=1S/C16H23ClN2/c17-16-11-18-8-7-13(16)9-14(10-19-15-5-6-15)12-3-1-2-4-12/h7-8,11-12,14-15,19H,1-6,9-10H2. The smallest absolute Gasteiger partial charge is 0.0621 e. The highest BCUT2D eigenvalue weighted by Gasteiger charge is 2.28. The maximum atomic E-state index is 6.27. The van der Waals surface area contributed by atoms with Crippen LogP contribution in [0.5, 0.6) is 0 Å². The van der Waals surface area contributed by atoms with Crippen molar-refractivity contribution in [2.75, 3.05) is 6.54 Å². The minimum atomic E-state index is 0.739. The van der Waals surface area contributed by atoms with E-state index in [4.69, 9.17) is 11.6 Å². The summed E-state index contributed by atoms with van der Waals surface area (Å²) in [5.41, 5.74) is 1.27. The van der Waals surface area contributed by atoms with Crippen LogP contribution in [-0.2, 0) is 6.42 Å². The third kappa shape index (κ3) is 3.70. The lowest BCUT2D eigenvalue weighted by Crippen LogP contribution is -2.30. The number of nitrogens with one attached hydrogen (secondary N) is 1. The monoisotopic (exact) mass is 278 g/mol. The predicted octanol–water partition coefficient (Wildman–Crippen LogP) is 3.84. The van der Waals surface area contributed by atoms with Gasteiger partial charge in [0, 0.05) is 18.4 Å². The highest BCUT2D eigenvalue weighted by molar-refractivity contribution is 6.31. The van der Waals surface area contributed by atoms with Gasteiger partial charge in [0.05, 0.1) is 5.02 Å². The number of hydrogen-bond donors (Lipinski definition) is 1. The summed E-state index contributed by atoms with van der Waals surface area (Å²) in [7, 11) is 0. The van der Waals surface area contributed by atoms with Crippen LogP contribution in [0, 0.1) is 11.8 Å². The van der Waals surface area contributed by atoms with Gasteiger partial charge in [0.25, 0.3) is 0 Å². The molecule has 0 amide bonds. The molecule has 3 rings (SSSR count). The Morgan fingerprint density at radius 2 is 2.05 bits per heavy atom. The van der Waals surface area contributed by atoms with Crippen molar-refractivity contribution in [2.24, 2.45) is 11.8 Å². The first-order valence-corrected chi connectivity index (χ1v) is 8.02. The Bertz CT molecular complexity index is 411. The van der Waals surface area contributed by atoms with Crippen LogP contribution in [0.15, 0.2) is 18.5 Å². The van der Waals surface area contributed by atoms with Crippen LogP contribution in [0.25, 0.3) is 0 Å². The molecule has 1 N–H and O–H groups in total. The molecule has 0 saturated heterocycles. The first-order valence-electron chi connectivity index (χ1n) is 7.64. The van der Waals surface area contributed by atoms with Gasteiger partial charge >= 0.3 is 0 Å². The molecule has 0 aliphatic heterocycles. The van der Waals surface area contributed by atoms with Gasteiger partial charge in [-0.2, -0.15) is 0 Å². The summed E-state index contributed by atoms with van der Waals surface area (Å²) in [4.78, 5) is 4.09. The van der Waals surface area contributed by atoms with E-state index in [1.807, 2.05) is 6.20 Å². The third-order valence-electron chi connectivity index (χ3n) is 4.65. The summed E-state index contributed by atoms with van der Waals surface area (Å²) in [6.45, 7) is 1.16. The fourth-order valence-electron chi connectivity index (χ4n) is 3.29. The Hall–Kier alpha value is -0.600. The average Bonchev–Trinajstić information content (AvgIpc) is 3.09. The van der Waals surface area contributed by atoms with Gasteiger partial charge in [-0.1, -0.05) is 37.3 Å². The molecule has 0 spiro atoms. The van der Waals surface area contributed by atoms with Crippen LogP contribution in [0.4, 0.5) is 0 Å². The fraction of sp³-hybridized carbons (Fsp3) is 0.688. The Morgan fingerprint density at radius 1 is 1.26 bits per heavy atom. The van der Waals surface area contributed by atoms with Crippen molar-refractivity contribution in [2.45, 2.75) is 51.0 Å². The molecule has 0 aromatic carbocycles. The predicted molar refractivity (Wildman–Crippen MR) is 79.4 cm³/mol. The molecule has 2 nitrogen and oxygen atoms in total. The molecule has 1 unspecified atom stereocenters. The van der Waals surface area contributed by atoms with Gasteiger partial charge in [0.2, 0.25) is 0 Å². The van der Waals surface area contributed by atoms with E-state index in [1.54, 1.807) is 6.20 Å². The van der Waals surface area contributed by atoms with Crippen molar-refractivity contribution >= 4 is 11.6 Å². The van der Waals surface area contributed by atoms with E-state index in [0.29, 0.717) is 0 Å². The zero-order chi connectivity index (χ0) is 13.1. The second-order valence-corrected chi connectivity index (χ2v) is 6.57. The number of nitrogens with zero attached hydrogens (tertiary/aromatic N) is 1. The molecule has 2 aliphatic carbocycles. The Balaban J connectivity index is 1.64. The van der Waals surface area contributed by atoms with Crippen LogP contribution in [-0.4, -0.2) is 17.6 Å². The molecule has 2 saturated carbocycles. The molecule has 3 heteroatoms. The first-order chi connectivity index (χ1) is 9.33. The van der Waals surface area contributed by atoms with Gasteiger partial charge in [-0.15, -0.1) is 0 Å². The Labute approximate surface area is 121 Å². The highest BCUT2D eigenvalue weighted by Crippen LogP contribution is 2.34. The van der Waals surface area contributed by atoms with Crippen molar-refractivity contribution in [1.29, 1.82) is 0 Å². The minimum Gasteiger partial charge on any atom is -0.314 e. The van der Waals surface area contributed by atoms with Crippen LogP contribution in [0.3, 0.4) is 0 Å². The number of aromatic nitrogens is 1. The molecule has 0 bridgehead atoms. The van der Waals surface area contributed by atoms with E-state index < -0.39 is 0 Å². The van der Waals surface area contributed by atoms with Crippen molar-refractivity contribution in [1.82, 2.24) is 10.3 Å². The normalized spacial score (nSPS) is 21.7. The van der Waals surface area contributed by atoms with Crippen LogP contribution in [0.2, 0.25) is 5.02 Å². The van der Waals surface area contributed by atoms with Gasteiger partial charge in [-0.25, -0.2) is 0 Å². The van der Waals surface area contributed by atoms with Crippen LogP contribution < -0.4 is 5.32 Å². The number of pyridine rings is 1. The summed E-state index contributed by atoms with van der Waals surface area (Å²) in [5.74, 6) is 1.62. The van der Waals surface area contributed by atoms with Crippen LogP contribution in [0.1, 0.15) is 44.1 Å². The van der Waals surface area contributed by atoms with Gasteiger partial charge in [-0.3, -0.25) is 4.98 Å². The maximum Gasteiger partial charge on any atom is 0.0621 e. The molecular formula is C16H23ClN2. The summed E-state index contributed by atoms with van der Waals surface area (Å²) in [5, 5.41) is 4.55. The number of hydrogen-bond acceptors (Lipinski definition) is 2. The van der Waals surface area contributed by atoms with E-state index in [2.05, 4.69) is 16.4 Å². The van der Waals surface area contributed by atoms with E-state index in [1.165, 1.54) is 44.1 Å². The molecule has 19 heavy (non-hydrogen) atoms. The second kappa shape index (κ2) is 6.23. The van der Waals surface area contributed by atoms with Gasteiger partial charge in [-0.05, 0) is 49.3 Å². The summed E-state index contributed by atoms with van der Waals surface area (Å²) >= 11 is 6.27. The highest BCUT2D eigenvalue weighted by atomic mass is 35.5. The Morgan fingerprint density at radius 3 is 2.74 bits per heavy atom. The molecule has 1 heterocycles. The zero-order valence-corrected chi connectivity index (χ0v) is 12.2. The lowest BCUT2D eigenvalue weighted by Gasteiger charge is -2.24. The van der Waals surface area contributed by atoms with Crippen molar-refractivity contribution in [3.8, 4) is 0 Å². The van der Waals surface area contributed by atoms with E-state index >= 15 is 0 Å². The molecule has 1 atom stereocenters. The van der Waals surface area contributed by atoms with Crippen molar-refractivity contribution in [3.63, 3.8) is 0 Å². The molecule has 104 valence electrons. The maximum absolute atomic E-state index is 6.27. The zero-order valence-electron chi connectivity index (χ0n) is 11.4. The molecule has 1 aromatic rings. The molecular weight excluding hydrogens is 256 g/mol. The molecule has 2 fully saturated rings. The minimum absolute atomic E-state index is 0.739. The SMILES string of the molecule is Clc1cnccc1CC(CNC1CC1)C1CCCC1. The van der Waals surface area contributed by atoms with E-state index in [0.717, 1.165) is 35.9 Å². The first kappa shape index (κ1) is 13.4. The van der Waals surface area contributed by atoms with Gasteiger partial charge in [0.1, 0.15) is 0 Å². The lowest BCUT2D eigenvalue weighted by molar-refractivity contribution is 0.320. The van der Waals surface area contributed by atoms with E-state index in [9.17, 15) is 0 Å². The van der Waals surface area contributed by atoms with Crippen molar-refractivity contribution < 1.29 is 0 Å². The largest absolute Gasteiger partial charge is 0.314 e. The number of halogens is 1. The average molecular weight is 279 g/mol. The summed E-state index contributed by atoms with van der Waals surface area (Å²) in [6.07, 6.45) is 13.1. The van der Waals surface area contributed by atoms with Crippen LogP contribution >= 0.6 is 11.6 Å². The quantitative estimate of drug-likeness (QED) is 0.855.